The Balaban J connectivity index is 2.00. The summed E-state index contributed by atoms with van der Waals surface area (Å²) in [5, 5.41) is 2.69. The zero-order chi connectivity index (χ0) is 13.0. The predicted molar refractivity (Wildman–Crippen MR) is 67.0 cm³/mol. The molecule has 6 heteroatoms. The van der Waals surface area contributed by atoms with Crippen LogP contribution in [0.15, 0.2) is 27.6 Å². The highest BCUT2D eigenvalue weighted by atomic mass is 16.4. The van der Waals surface area contributed by atoms with Gasteiger partial charge < -0.3 is 9.73 Å². The van der Waals surface area contributed by atoms with Crippen molar-refractivity contribution in [3.8, 4) is 0 Å². The molecule has 2 rings (SSSR count). The second kappa shape index (κ2) is 5.31. The Morgan fingerprint density at radius 2 is 2.44 bits per heavy atom. The first-order chi connectivity index (χ1) is 8.65. The second-order valence-corrected chi connectivity index (χ2v) is 3.80. The lowest BCUT2D eigenvalue weighted by molar-refractivity contribution is -0.118. The third-order valence-corrected chi connectivity index (χ3v) is 2.29. The Bertz CT molecular complexity index is 639. The van der Waals surface area contributed by atoms with Crippen LogP contribution >= 0.6 is 0 Å². The number of aromatic amines is 1. The number of pyridine rings is 1. The van der Waals surface area contributed by atoms with E-state index < -0.39 is 5.76 Å². The maximum atomic E-state index is 10.9. The Hall–Kier alpha value is -2.37. The highest BCUT2D eigenvalue weighted by Crippen LogP contribution is 2.10. The van der Waals surface area contributed by atoms with Crippen LogP contribution in [0.3, 0.4) is 0 Å². The van der Waals surface area contributed by atoms with E-state index in [4.69, 9.17) is 4.42 Å². The Morgan fingerprint density at radius 1 is 1.61 bits per heavy atom. The van der Waals surface area contributed by atoms with Crippen molar-refractivity contribution in [1.29, 1.82) is 0 Å². The van der Waals surface area contributed by atoms with Crippen LogP contribution in [-0.4, -0.2) is 22.4 Å². The molecule has 0 saturated carbocycles. The molecule has 0 aliphatic carbocycles. The number of H-pyrrole nitrogens is 1. The molecule has 18 heavy (non-hydrogen) atoms. The fourth-order valence-corrected chi connectivity index (χ4v) is 1.50. The standard InChI is InChI=1S/C12H13N3O3/c1-8(16)13-5-3-2-4-9-6-10-11(14-7-9)15-12(17)18-10/h2,4,6-7H,3,5H2,1H3,(H,13,16)(H,14,15,17). The number of nitrogens with zero attached hydrogens (tertiary/aromatic N) is 1. The fraction of sp³-hybridized carbons (Fsp3) is 0.250. The molecule has 0 bridgehead atoms. The lowest BCUT2D eigenvalue weighted by Crippen LogP contribution is -2.20. The summed E-state index contributed by atoms with van der Waals surface area (Å²) in [5.74, 6) is -0.551. The zero-order valence-electron chi connectivity index (χ0n) is 9.90. The van der Waals surface area contributed by atoms with Gasteiger partial charge in [0.2, 0.25) is 5.91 Å². The first kappa shape index (κ1) is 12.1. The van der Waals surface area contributed by atoms with Gasteiger partial charge in [0.25, 0.3) is 0 Å². The summed E-state index contributed by atoms with van der Waals surface area (Å²) in [6.07, 6.45) is 6.15. The van der Waals surface area contributed by atoms with Crippen molar-refractivity contribution in [3.05, 3.63) is 34.5 Å². The van der Waals surface area contributed by atoms with E-state index >= 15 is 0 Å². The SMILES string of the molecule is CC(=O)NCCC=Cc1cnc2[nH]c(=O)oc2c1. The number of aromatic nitrogens is 2. The molecule has 0 spiro atoms. The van der Waals surface area contributed by atoms with Crippen molar-refractivity contribution in [2.75, 3.05) is 6.54 Å². The molecule has 2 N–H and O–H groups in total. The Labute approximate surface area is 103 Å². The minimum Gasteiger partial charge on any atom is -0.406 e. The summed E-state index contributed by atoms with van der Waals surface area (Å²) < 4.78 is 4.90. The highest BCUT2D eigenvalue weighted by Gasteiger charge is 2.01. The molecular weight excluding hydrogens is 234 g/mol. The van der Waals surface area contributed by atoms with Gasteiger partial charge in [-0.1, -0.05) is 12.2 Å². The molecule has 2 aromatic heterocycles. The van der Waals surface area contributed by atoms with Crippen molar-refractivity contribution in [3.63, 3.8) is 0 Å². The number of hydrogen-bond donors (Lipinski definition) is 2. The minimum atomic E-state index is -0.510. The summed E-state index contributed by atoms with van der Waals surface area (Å²) in [7, 11) is 0. The van der Waals surface area contributed by atoms with Gasteiger partial charge in [0, 0.05) is 19.7 Å². The van der Waals surface area contributed by atoms with E-state index in [2.05, 4.69) is 15.3 Å². The van der Waals surface area contributed by atoms with E-state index in [0.717, 1.165) is 12.0 Å². The van der Waals surface area contributed by atoms with E-state index in [9.17, 15) is 9.59 Å². The van der Waals surface area contributed by atoms with Crippen LogP contribution in [-0.2, 0) is 4.79 Å². The molecule has 94 valence electrons. The van der Waals surface area contributed by atoms with Gasteiger partial charge in [0.05, 0.1) is 0 Å². The van der Waals surface area contributed by atoms with Crippen LogP contribution in [0.25, 0.3) is 17.3 Å². The summed E-state index contributed by atoms with van der Waals surface area (Å²) in [5.41, 5.74) is 1.72. The number of hydrogen-bond acceptors (Lipinski definition) is 4. The van der Waals surface area contributed by atoms with Crippen LogP contribution in [0.2, 0.25) is 0 Å². The second-order valence-electron chi connectivity index (χ2n) is 3.80. The van der Waals surface area contributed by atoms with Crippen LogP contribution in [0.1, 0.15) is 18.9 Å². The molecule has 6 nitrogen and oxygen atoms in total. The average molecular weight is 247 g/mol. The number of nitrogens with one attached hydrogen (secondary N) is 2. The van der Waals surface area contributed by atoms with E-state index in [1.807, 2.05) is 12.2 Å². The first-order valence-corrected chi connectivity index (χ1v) is 5.55. The summed E-state index contributed by atoms with van der Waals surface area (Å²) in [6, 6.07) is 1.73. The van der Waals surface area contributed by atoms with Gasteiger partial charge in [0.15, 0.2) is 11.2 Å². The maximum absolute atomic E-state index is 10.9. The lowest BCUT2D eigenvalue weighted by Gasteiger charge is -1.96. The van der Waals surface area contributed by atoms with Crippen LogP contribution in [0.5, 0.6) is 0 Å². The maximum Gasteiger partial charge on any atom is 0.418 e. The van der Waals surface area contributed by atoms with Gasteiger partial charge >= 0.3 is 5.76 Å². The number of carbonyl (C=O) groups excluding carboxylic acids is 1. The molecule has 0 fully saturated rings. The smallest absolute Gasteiger partial charge is 0.406 e. The zero-order valence-corrected chi connectivity index (χ0v) is 9.90. The largest absolute Gasteiger partial charge is 0.418 e. The van der Waals surface area contributed by atoms with E-state index in [1.54, 1.807) is 12.3 Å². The molecule has 0 atom stereocenters. The van der Waals surface area contributed by atoms with Gasteiger partial charge in [0.1, 0.15) is 0 Å². The number of amides is 1. The third-order valence-electron chi connectivity index (χ3n) is 2.29. The predicted octanol–water partition coefficient (Wildman–Crippen LogP) is 1.06. The quantitative estimate of drug-likeness (QED) is 0.790. The van der Waals surface area contributed by atoms with Crippen molar-refractivity contribution >= 4 is 23.2 Å². The molecule has 0 aliphatic heterocycles. The van der Waals surface area contributed by atoms with E-state index in [1.165, 1.54) is 6.92 Å². The molecule has 2 aromatic rings. The average Bonchev–Trinajstić information content (AvgIpc) is 2.67. The van der Waals surface area contributed by atoms with Crippen molar-refractivity contribution in [1.82, 2.24) is 15.3 Å². The topological polar surface area (TPSA) is 88.0 Å². The molecule has 0 radical (unpaired) electrons. The monoisotopic (exact) mass is 247 g/mol. The highest BCUT2D eigenvalue weighted by molar-refractivity contribution is 5.73. The van der Waals surface area contributed by atoms with Gasteiger partial charge in [-0.3, -0.25) is 9.78 Å². The lowest BCUT2D eigenvalue weighted by atomic mass is 10.2. The number of oxazole rings is 1. The van der Waals surface area contributed by atoms with Gasteiger partial charge in [-0.15, -0.1) is 0 Å². The summed E-state index contributed by atoms with van der Waals surface area (Å²) >= 11 is 0. The molecular formula is C12H13N3O3. The van der Waals surface area contributed by atoms with E-state index in [-0.39, 0.29) is 5.91 Å². The summed E-state index contributed by atoms with van der Waals surface area (Å²) in [6.45, 7) is 2.08. The van der Waals surface area contributed by atoms with Crippen molar-refractivity contribution in [2.45, 2.75) is 13.3 Å². The molecule has 0 aromatic carbocycles. The molecule has 0 saturated heterocycles. The normalized spacial score (nSPS) is 11.2. The van der Waals surface area contributed by atoms with E-state index in [0.29, 0.717) is 17.8 Å². The van der Waals surface area contributed by atoms with Crippen LogP contribution in [0.4, 0.5) is 0 Å². The Morgan fingerprint density at radius 3 is 3.22 bits per heavy atom. The number of rotatable bonds is 4. The van der Waals surface area contributed by atoms with Gasteiger partial charge in [-0.05, 0) is 18.1 Å². The number of carbonyl (C=O) groups is 1. The van der Waals surface area contributed by atoms with Crippen LogP contribution < -0.4 is 11.1 Å². The van der Waals surface area contributed by atoms with Crippen LogP contribution in [0, 0.1) is 0 Å². The van der Waals surface area contributed by atoms with Gasteiger partial charge in [-0.25, -0.2) is 9.78 Å². The fourth-order valence-electron chi connectivity index (χ4n) is 1.50. The third kappa shape index (κ3) is 3.07. The molecule has 0 aliphatic rings. The first-order valence-electron chi connectivity index (χ1n) is 5.55. The molecule has 2 heterocycles. The summed E-state index contributed by atoms with van der Waals surface area (Å²) in [4.78, 5) is 28.1. The number of fused-ring (bicyclic) bond motifs is 1. The molecule has 1 amide bonds. The minimum absolute atomic E-state index is 0.0411. The van der Waals surface area contributed by atoms with Gasteiger partial charge in [-0.2, -0.15) is 0 Å². The molecule has 0 unspecified atom stereocenters. The van der Waals surface area contributed by atoms with Crippen molar-refractivity contribution in [2.24, 2.45) is 0 Å². The Kier molecular flexibility index (Phi) is 3.57. The van der Waals surface area contributed by atoms with Crippen molar-refractivity contribution < 1.29 is 9.21 Å².